The molecule has 0 aromatic rings. The van der Waals surface area contributed by atoms with E-state index in [1.54, 1.807) is 0 Å². The molecule has 2 fully saturated rings. The molecule has 2 rings (SSSR count). The van der Waals surface area contributed by atoms with E-state index in [4.69, 9.17) is 9.47 Å². The average Bonchev–Trinajstić information content (AvgIpc) is 2.78. The fourth-order valence-corrected chi connectivity index (χ4v) is 1.15. The molecule has 0 unspecified atom stereocenters. The third kappa shape index (κ3) is 34.7. The smallest absolute Gasteiger partial charge is 0.412 e. The zero-order valence-electron chi connectivity index (χ0n) is 17.2. The Bertz CT molecular complexity index is 214. The molecule has 0 aromatic heterocycles. The molecule has 3 N–H and O–H groups in total. The molecular weight excluding hydrogens is 289 g/mol. The van der Waals surface area contributed by atoms with Crippen molar-refractivity contribution >= 4 is 0 Å². The molecule has 2 saturated heterocycles. The van der Waals surface area contributed by atoms with Crippen molar-refractivity contribution in [2.45, 2.75) is 58.2 Å². The van der Waals surface area contributed by atoms with E-state index in [1.807, 2.05) is 27.9 Å². The summed E-state index contributed by atoms with van der Waals surface area (Å²) >= 11 is 0. The summed E-state index contributed by atoms with van der Waals surface area (Å²) < 4.78 is 9.84. The van der Waals surface area contributed by atoms with Gasteiger partial charge in [-0.15, -0.1) is 0 Å². The molecule has 0 bridgehead atoms. The Balaban J connectivity index is -0.0000000676. The Hall–Kier alpha value is 0.397. The van der Waals surface area contributed by atoms with Crippen molar-refractivity contribution in [2.24, 2.45) is 0 Å². The van der Waals surface area contributed by atoms with Gasteiger partial charge in [0, 0.05) is 19.8 Å². The number of epoxide rings is 1. The summed E-state index contributed by atoms with van der Waals surface area (Å²) in [4.78, 5) is 2.07. The molecule has 2 heterocycles. The first-order valence-electron chi connectivity index (χ1n) is 7.21. The van der Waals surface area contributed by atoms with E-state index in [1.165, 1.54) is 12.8 Å². The SMILES string of the molecule is C1CCOC1.CC1(C)CO1.CN(C)CCC(C)(C)O.O.[CH3-].[CH3-].[Li+]. The van der Waals surface area contributed by atoms with Gasteiger partial charge in [0.25, 0.3) is 0 Å². The van der Waals surface area contributed by atoms with Crippen molar-refractivity contribution in [3.63, 3.8) is 0 Å². The van der Waals surface area contributed by atoms with Gasteiger partial charge in [0.15, 0.2) is 0 Å². The number of nitrogens with zero attached hydrogens (tertiary/aromatic N) is 1. The van der Waals surface area contributed by atoms with Crippen molar-refractivity contribution < 1.29 is 38.9 Å². The Labute approximate surface area is 157 Å². The second-order valence-electron chi connectivity index (χ2n) is 6.73. The predicted octanol–water partition coefficient (Wildman–Crippen LogP) is -0.619. The van der Waals surface area contributed by atoms with E-state index in [0.29, 0.717) is 0 Å². The van der Waals surface area contributed by atoms with Crippen LogP contribution in [0.15, 0.2) is 0 Å². The zero-order valence-corrected chi connectivity index (χ0v) is 17.2. The van der Waals surface area contributed by atoms with E-state index in [-0.39, 0.29) is 44.8 Å². The maximum Gasteiger partial charge on any atom is 1.00 e. The van der Waals surface area contributed by atoms with E-state index >= 15 is 0 Å². The maximum atomic E-state index is 9.24. The van der Waals surface area contributed by atoms with Crippen LogP contribution in [0.2, 0.25) is 0 Å². The largest absolute Gasteiger partial charge is 1.00 e. The normalized spacial score (nSPS) is 16.7. The maximum absolute atomic E-state index is 9.24. The summed E-state index contributed by atoms with van der Waals surface area (Å²) in [7, 11) is 4.01. The molecule has 2 aliphatic rings. The van der Waals surface area contributed by atoms with Gasteiger partial charge in [-0.2, -0.15) is 0 Å². The third-order valence-electron chi connectivity index (χ3n) is 2.72. The molecule has 140 valence electrons. The molecule has 0 radical (unpaired) electrons. The van der Waals surface area contributed by atoms with Crippen LogP contribution in [0.3, 0.4) is 0 Å². The molecule has 0 aromatic carbocycles. The Morgan fingerprint density at radius 1 is 1.09 bits per heavy atom. The topological polar surface area (TPSA) is 76.7 Å². The van der Waals surface area contributed by atoms with Gasteiger partial charge in [0.2, 0.25) is 0 Å². The van der Waals surface area contributed by atoms with Crippen LogP contribution in [0.25, 0.3) is 0 Å². The molecule has 5 nitrogen and oxygen atoms in total. The minimum atomic E-state index is -0.510. The van der Waals surface area contributed by atoms with Crippen LogP contribution in [0.4, 0.5) is 0 Å². The number of rotatable bonds is 3. The molecule has 0 spiro atoms. The predicted molar refractivity (Wildman–Crippen MR) is 96.0 cm³/mol. The van der Waals surface area contributed by atoms with Gasteiger partial charge in [-0.25, -0.2) is 0 Å². The summed E-state index contributed by atoms with van der Waals surface area (Å²) in [6.07, 6.45) is 3.39. The standard InChI is InChI=1S/C7H17NO.2C4H8O.2CH3.Li.H2O/c1-7(2,9)5-6-8(3)4;1-4(2)3-5-4;1-2-4-5-3-1;;;;/h9H,5-6H2,1-4H3;3H2,1-2H3;1-4H2;2*1H3;;1H2/q;;;2*-1;+1;. The van der Waals surface area contributed by atoms with Gasteiger partial charge in [-0.3, -0.25) is 0 Å². The second-order valence-corrected chi connectivity index (χ2v) is 6.73. The monoisotopic (exact) mass is 330 g/mol. The minimum absolute atomic E-state index is 0. The van der Waals surface area contributed by atoms with Crippen LogP contribution < -0.4 is 18.9 Å². The fraction of sp³-hybridized carbons (Fsp3) is 0.882. The Kier molecular flexibility index (Phi) is 26.0. The van der Waals surface area contributed by atoms with Crippen molar-refractivity contribution in [3.8, 4) is 0 Å². The first-order valence-corrected chi connectivity index (χ1v) is 7.21. The van der Waals surface area contributed by atoms with Crippen molar-refractivity contribution in [1.29, 1.82) is 0 Å². The van der Waals surface area contributed by atoms with Crippen molar-refractivity contribution in [3.05, 3.63) is 14.9 Å². The van der Waals surface area contributed by atoms with Gasteiger partial charge >= 0.3 is 18.9 Å². The quantitative estimate of drug-likeness (QED) is 0.425. The van der Waals surface area contributed by atoms with E-state index in [0.717, 1.165) is 32.8 Å². The second kappa shape index (κ2) is 17.2. The molecule has 0 saturated carbocycles. The fourth-order valence-electron chi connectivity index (χ4n) is 1.15. The number of hydrogen-bond donors (Lipinski definition) is 1. The summed E-state index contributed by atoms with van der Waals surface area (Å²) in [5.74, 6) is 0. The van der Waals surface area contributed by atoms with Crippen LogP contribution in [0.5, 0.6) is 0 Å². The Morgan fingerprint density at radius 2 is 1.43 bits per heavy atom. The van der Waals surface area contributed by atoms with Crippen LogP contribution in [-0.4, -0.2) is 67.1 Å². The van der Waals surface area contributed by atoms with Crippen LogP contribution in [-0.2, 0) is 9.47 Å². The van der Waals surface area contributed by atoms with Gasteiger partial charge in [0.1, 0.15) is 0 Å². The first kappa shape index (κ1) is 34.7. The first-order chi connectivity index (χ1) is 8.62. The molecule has 0 amide bonds. The molecule has 0 aliphatic carbocycles. The number of ether oxygens (including phenoxy) is 2. The van der Waals surface area contributed by atoms with Crippen molar-refractivity contribution in [1.82, 2.24) is 4.90 Å². The Morgan fingerprint density at radius 3 is 1.52 bits per heavy atom. The van der Waals surface area contributed by atoms with Crippen LogP contribution in [0, 0.1) is 14.9 Å². The molecule has 23 heavy (non-hydrogen) atoms. The van der Waals surface area contributed by atoms with E-state index in [2.05, 4.69) is 18.7 Å². The number of aliphatic hydroxyl groups is 1. The molecular formula is C17H41LiNO4-. The summed E-state index contributed by atoms with van der Waals surface area (Å²) in [5, 5.41) is 9.24. The molecule has 0 atom stereocenters. The summed E-state index contributed by atoms with van der Waals surface area (Å²) in [6.45, 7) is 11.7. The van der Waals surface area contributed by atoms with Crippen molar-refractivity contribution in [2.75, 3.05) is 40.5 Å². The average molecular weight is 330 g/mol. The summed E-state index contributed by atoms with van der Waals surface area (Å²) in [5.41, 5.74) is -0.260. The molecule has 6 heteroatoms. The van der Waals surface area contributed by atoms with Crippen LogP contribution >= 0.6 is 0 Å². The van der Waals surface area contributed by atoms with E-state index in [9.17, 15) is 5.11 Å². The number of hydrogen-bond acceptors (Lipinski definition) is 4. The van der Waals surface area contributed by atoms with Gasteiger partial charge < -0.3 is 39.8 Å². The molecule has 2 aliphatic heterocycles. The zero-order chi connectivity index (χ0) is 14.9. The van der Waals surface area contributed by atoms with Gasteiger partial charge in [-0.05, 0) is 61.1 Å². The van der Waals surface area contributed by atoms with Crippen LogP contribution in [0.1, 0.15) is 47.0 Å². The minimum Gasteiger partial charge on any atom is -0.412 e. The van der Waals surface area contributed by atoms with E-state index < -0.39 is 5.60 Å². The third-order valence-corrected chi connectivity index (χ3v) is 2.72. The van der Waals surface area contributed by atoms with Gasteiger partial charge in [0.05, 0.1) is 17.8 Å². The summed E-state index contributed by atoms with van der Waals surface area (Å²) in [6, 6.07) is 0. The van der Waals surface area contributed by atoms with Gasteiger partial charge in [-0.1, -0.05) is 0 Å².